The van der Waals surface area contributed by atoms with E-state index < -0.39 is 0 Å². The van der Waals surface area contributed by atoms with Gasteiger partial charge >= 0.3 is 0 Å². The number of rotatable bonds is 3. The van der Waals surface area contributed by atoms with Gasteiger partial charge < -0.3 is 14.3 Å². The summed E-state index contributed by atoms with van der Waals surface area (Å²) in [6.07, 6.45) is 2.06. The predicted octanol–water partition coefficient (Wildman–Crippen LogP) is 6.48. The van der Waals surface area contributed by atoms with E-state index in [2.05, 4.69) is 45.0 Å². The van der Waals surface area contributed by atoms with Crippen LogP contribution in [0.2, 0.25) is 5.02 Å². The highest BCUT2D eigenvalue weighted by Crippen LogP contribution is 2.34. The van der Waals surface area contributed by atoms with Crippen molar-refractivity contribution < 1.29 is 4.74 Å². The van der Waals surface area contributed by atoms with Crippen LogP contribution in [0, 0.1) is 6.92 Å². The van der Waals surface area contributed by atoms with Gasteiger partial charge in [-0.25, -0.2) is 0 Å². The van der Waals surface area contributed by atoms with Crippen LogP contribution in [0.15, 0.2) is 66.9 Å². The standard InChI is InChI=1S/C23H18ClN3O/c1-14-4-3-5-17(10-14)28-23-25-20-12-18(19(24)13-21(20)26-23)15-6-7-22-16(11-15)8-9-27(22)2/h3-13H,1-2H3,(H,25,26). The molecule has 0 atom stereocenters. The average Bonchev–Trinajstić information content (AvgIpc) is 3.23. The summed E-state index contributed by atoms with van der Waals surface area (Å²) < 4.78 is 7.98. The first kappa shape index (κ1) is 16.9. The lowest BCUT2D eigenvalue weighted by Crippen LogP contribution is -1.86. The predicted molar refractivity (Wildman–Crippen MR) is 114 cm³/mol. The molecule has 28 heavy (non-hydrogen) atoms. The molecule has 0 fully saturated rings. The molecule has 0 saturated carbocycles. The normalized spacial score (nSPS) is 11.4. The summed E-state index contributed by atoms with van der Waals surface area (Å²) in [5, 5.41) is 1.86. The van der Waals surface area contributed by atoms with Gasteiger partial charge in [0.05, 0.1) is 16.1 Å². The molecule has 0 aliphatic rings. The van der Waals surface area contributed by atoms with Crippen LogP contribution in [0.4, 0.5) is 0 Å². The maximum atomic E-state index is 6.59. The molecule has 0 aliphatic carbocycles. The summed E-state index contributed by atoms with van der Waals surface area (Å²) >= 11 is 6.59. The highest BCUT2D eigenvalue weighted by molar-refractivity contribution is 6.34. The number of H-pyrrole nitrogens is 1. The lowest BCUT2D eigenvalue weighted by atomic mass is 10.0. The Balaban J connectivity index is 1.55. The molecule has 1 N–H and O–H groups in total. The van der Waals surface area contributed by atoms with Crippen molar-refractivity contribution in [3.05, 3.63) is 77.4 Å². The molecule has 2 heterocycles. The van der Waals surface area contributed by atoms with Crippen molar-refractivity contribution in [3.8, 4) is 22.9 Å². The van der Waals surface area contributed by atoms with E-state index in [0.29, 0.717) is 11.0 Å². The van der Waals surface area contributed by atoms with Crippen molar-refractivity contribution in [1.82, 2.24) is 14.5 Å². The Labute approximate surface area is 167 Å². The Bertz CT molecular complexity index is 1330. The van der Waals surface area contributed by atoms with Crippen LogP contribution in [0.3, 0.4) is 0 Å². The van der Waals surface area contributed by atoms with Crippen LogP contribution >= 0.6 is 11.6 Å². The Morgan fingerprint density at radius 1 is 1.04 bits per heavy atom. The van der Waals surface area contributed by atoms with Gasteiger partial charge in [0.2, 0.25) is 0 Å². The van der Waals surface area contributed by atoms with Crippen molar-refractivity contribution in [3.63, 3.8) is 0 Å². The van der Waals surface area contributed by atoms with Crippen molar-refractivity contribution in [2.45, 2.75) is 6.92 Å². The second-order valence-corrected chi connectivity index (χ2v) is 7.42. The van der Waals surface area contributed by atoms with E-state index in [1.807, 2.05) is 50.4 Å². The molecule has 0 bridgehead atoms. The van der Waals surface area contributed by atoms with E-state index >= 15 is 0 Å². The first-order valence-corrected chi connectivity index (χ1v) is 9.44. The molecule has 4 nitrogen and oxygen atoms in total. The lowest BCUT2D eigenvalue weighted by molar-refractivity contribution is 0.449. The van der Waals surface area contributed by atoms with Gasteiger partial charge in [-0.1, -0.05) is 29.8 Å². The number of aromatic nitrogens is 3. The van der Waals surface area contributed by atoms with Gasteiger partial charge in [0.15, 0.2) is 0 Å². The zero-order chi connectivity index (χ0) is 19.3. The smallest absolute Gasteiger partial charge is 0.300 e. The fourth-order valence-corrected chi connectivity index (χ4v) is 3.79. The number of aromatic amines is 1. The minimum absolute atomic E-state index is 0.451. The van der Waals surface area contributed by atoms with Crippen molar-refractivity contribution in [2.24, 2.45) is 7.05 Å². The van der Waals surface area contributed by atoms with E-state index in [-0.39, 0.29) is 0 Å². The molecule has 2 aromatic heterocycles. The minimum atomic E-state index is 0.451. The van der Waals surface area contributed by atoms with Crippen LogP contribution < -0.4 is 4.74 Å². The Kier molecular flexibility index (Phi) is 3.88. The van der Waals surface area contributed by atoms with E-state index in [1.165, 1.54) is 10.9 Å². The highest BCUT2D eigenvalue weighted by Gasteiger charge is 2.12. The molecule has 0 aliphatic heterocycles. The molecular weight excluding hydrogens is 370 g/mol. The van der Waals surface area contributed by atoms with Crippen LogP contribution in [-0.2, 0) is 7.05 Å². The Hall–Kier alpha value is -3.24. The van der Waals surface area contributed by atoms with Gasteiger partial charge in [-0.3, -0.25) is 0 Å². The third-order valence-corrected chi connectivity index (χ3v) is 5.26. The van der Waals surface area contributed by atoms with Gasteiger partial charge in [0.1, 0.15) is 5.75 Å². The third-order valence-electron chi connectivity index (χ3n) is 4.95. The van der Waals surface area contributed by atoms with Gasteiger partial charge in [-0.05, 0) is 60.5 Å². The van der Waals surface area contributed by atoms with E-state index in [4.69, 9.17) is 16.3 Å². The number of hydrogen-bond donors (Lipinski definition) is 1. The van der Waals surface area contributed by atoms with E-state index in [9.17, 15) is 0 Å². The van der Waals surface area contributed by atoms with Crippen LogP contribution in [0.1, 0.15) is 5.56 Å². The number of fused-ring (bicyclic) bond motifs is 2. The quantitative estimate of drug-likeness (QED) is 0.385. The topological polar surface area (TPSA) is 42.8 Å². The molecule has 138 valence electrons. The molecule has 5 aromatic rings. The molecule has 5 heteroatoms. The molecule has 0 saturated heterocycles. The minimum Gasteiger partial charge on any atom is -0.426 e. The summed E-state index contributed by atoms with van der Waals surface area (Å²) in [5.74, 6) is 0.750. The number of halogens is 1. The fraction of sp³-hybridized carbons (Fsp3) is 0.0870. The molecular formula is C23H18ClN3O. The summed E-state index contributed by atoms with van der Waals surface area (Å²) in [5.41, 5.74) is 6.00. The SMILES string of the molecule is Cc1cccc(Oc2nc3cc(-c4ccc5c(ccn5C)c4)c(Cl)cc3[nH]2)c1. The lowest BCUT2D eigenvalue weighted by Gasteiger charge is -2.06. The van der Waals surface area contributed by atoms with Crippen molar-refractivity contribution in [2.75, 3.05) is 0 Å². The van der Waals surface area contributed by atoms with Gasteiger partial charge in [0, 0.05) is 29.7 Å². The van der Waals surface area contributed by atoms with Crippen molar-refractivity contribution >= 4 is 33.5 Å². The molecule has 5 rings (SSSR count). The number of hydrogen-bond acceptors (Lipinski definition) is 2. The fourth-order valence-electron chi connectivity index (χ4n) is 3.52. The second-order valence-electron chi connectivity index (χ2n) is 7.01. The molecule has 0 amide bonds. The van der Waals surface area contributed by atoms with Crippen LogP contribution in [0.5, 0.6) is 11.8 Å². The summed E-state index contributed by atoms with van der Waals surface area (Å²) in [6.45, 7) is 2.03. The maximum absolute atomic E-state index is 6.59. The third kappa shape index (κ3) is 2.92. The summed E-state index contributed by atoms with van der Waals surface area (Å²) in [4.78, 5) is 7.79. The average molecular weight is 388 g/mol. The van der Waals surface area contributed by atoms with Crippen LogP contribution in [0.25, 0.3) is 33.1 Å². The number of ether oxygens (including phenoxy) is 1. The number of aryl methyl sites for hydroxylation is 2. The van der Waals surface area contributed by atoms with Gasteiger partial charge in [0.25, 0.3) is 6.01 Å². The highest BCUT2D eigenvalue weighted by atomic mass is 35.5. The number of imidazole rings is 1. The van der Waals surface area contributed by atoms with Crippen molar-refractivity contribution in [1.29, 1.82) is 0 Å². The van der Waals surface area contributed by atoms with E-state index in [1.54, 1.807) is 0 Å². The molecule has 0 radical (unpaired) electrons. The maximum Gasteiger partial charge on any atom is 0.300 e. The van der Waals surface area contributed by atoms with Gasteiger partial charge in [-0.2, -0.15) is 4.98 Å². The number of benzene rings is 3. The summed E-state index contributed by atoms with van der Waals surface area (Å²) in [6, 6.07) is 20.7. The van der Waals surface area contributed by atoms with Crippen LogP contribution in [-0.4, -0.2) is 14.5 Å². The molecule has 3 aromatic carbocycles. The number of nitrogens with one attached hydrogen (secondary N) is 1. The number of nitrogens with zero attached hydrogens (tertiary/aromatic N) is 2. The second kappa shape index (κ2) is 6.43. The van der Waals surface area contributed by atoms with E-state index in [0.717, 1.165) is 33.5 Å². The Morgan fingerprint density at radius 3 is 2.79 bits per heavy atom. The van der Waals surface area contributed by atoms with Gasteiger partial charge in [-0.15, -0.1) is 0 Å². The Morgan fingerprint density at radius 2 is 1.93 bits per heavy atom. The largest absolute Gasteiger partial charge is 0.426 e. The monoisotopic (exact) mass is 387 g/mol. The molecule has 0 spiro atoms. The summed E-state index contributed by atoms with van der Waals surface area (Å²) in [7, 11) is 2.04. The zero-order valence-electron chi connectivity index (χ0n) is 15.5. The first-order valence-electron chi connectivity index (χ1n) is 9.06. The first-order chi connectivity index (χ1) is 13.6. The molecule has 0 unspecified atom stereocenters. The zero-order valence-corrected chi connectivity index (χ0v) is 16.3.